The minimum atomic E-state index is -1.23. The van der Waals surface area contributed by atoms with Crippen molar-refractivity contribution in [1.29, 1.82) is 0 Å². The van der Waals surface area contributed by atoms with Gasteiger partial charge in [0.2, 0.25) is 6.08 Å². The fourth-order valence-electron chi connectivity index (χ4n) is 1.31. The number of hydrogen-bond donors (Lipinski definition) is 2. The van der Waals surface area contributed by atoms with Gasteiger partial charge in [-0.15, -0.1) is 0 Å². The summed E-state index contributed by atoms with van der Waals surface area (Å²) in [7, 11) is 0. The van der Waals surface area contributed by atoms with E-state index in [0.717, 1.165) is 6.08 Å². The first-order valence-electron chi connectivity index (χ1n) is 6.25. The number of hydrogen-bond acceptors (Lipinski definition) is 6. The number of carbonyl (C=O) groups excluding carboxylic acids is 2. The second-order valence-corrected chi connectivity index (χ2v) is 4.04. The Balaban J connectivity index is 0.000000423. The van der Waals surface area contributed by atoms with E-state index in [9.17, 15) is 19.2 Å². The van der Waals surface area contributed by atoms with Gasteiger partial charge in [0, 0.05) is 6.08 Å². The highest BCUT2D eigenvalue weighted by Crippen LogP contribution is 2.07. The predicted octanol–water partition coefficient (Wildman–Crippen LogP) is 1.52. The number of carboxylic acid groups (broad SMARTS) is 2. The zero-order valence-corrected chi connectivity index (χ0v) is 12.3. The molecule has 2 N–H and O–H groups in total. The maximum Gasteiger partial charge on any atom is 0.336 e. The van der Waals surface area contributed by atoms with E-state index < -0.39 is 24.0 Å². The van der Waals surface area contributed by atoms with Gasteiger partial charge in [0.05, 0.1) is 17.7 Å². The van der Waals surface area contributed by atoms with Crippen molar-refractivity contribution in [3.63, 3.8) is 0 Å². The van der Waals surface area contributed by atoms with E-state index in [1.165, 1.54) is 30.3 Å². The van der Waals surface area contributed by atoms with Crippen LogP contribution in [-0.2, 0) is 14.3 Å². The highest BCUT2D eigenvalue weighted by molar-refractivity contribution is 6.01. The van der Waals surface area contributed by atoms with E-state index in [0.29, 0.717) is 0 Å². The first-order chi connectivity index (χ1) is 10.8. The summed E-state index contributed by atoms with van der Waals surface area (Å²) in [5.74, 6) is -2.97. The van der Waals surface area contributed by atoms with Crippen molar-refractivity contribution < 1.29 is 34.1 Å². The molecule has 0 aromatic heterocycles. The quantitative estimate of drug-likeness (QED) is 0.351. The van der Waals surface area contributed by atoms with E-state index in [1.807, 2.05) is 0 Å². The van der Waals surface area contributed by atoms with Crippen LogP contribution in [0.15, 0.2) is 41.9 Å². The normalized spacial score (nSPS) is 10.1. The summed E-state index contributed by atoms with van der Waals surface area (Å²) in [6.45, 7) is 4.98. The molecular weight excluding hydrogens is 306 g/mol. The van der Waals surface area contributed by atoms with E-state index in [-0.39, 0.29) is 17.7 Å². The molecule has 8 heteroatoms. The lowest BCUT2D eigenvalue weighted by molar-refractivity contribution is -0.141. The number of esters is 1. The number of benzene rings is 1. The molecule has 0 aliphatic heterocycles. The molecule has 0 bridgehead atoms. The van der Waals surface area contributed by atoms with Crippen LogP contribution in [0.2, 0.25) is 0 Å². The van der Waals surface area contributed by atoms with Crippen molar-refractivity contribution in [2.75, 3.05) is 6.54 Å². The summed E-state index contributed by atoms with van der Waals surface area (Å²) >= 11 is 0. The molecule has 8 nitrogen and oxygen atoms in total. The maximum absolute atomic E-state index is 10.5. The van der Waals surface area contributed by atoms with E-state index in [4.69, 9.17) is 10.2 Å². The maximum atomic E-state index is 10.5. The number of rotatable bonds is 6. The number of aromatic carboxylic acids is 2. The first kappa shape index (κ1) is 19.8. The minimum Gasteiger partial charge on any atom is -0.478 e. The van der Waals surface area contributed by atoms with Crippen LogP contribution in [0.3, 0.4) is 0 Å². The standard InChI is InChI=1S/C8H6O4.C7H9NO3/c9-7(10)5-3-1-2-4-6(5)8(11)12;1-3-7(10)11-6(2)4-8-5-9/h1-4H,(H,9,10)(H,11,12);3,6H,1,4H2,2H3. The van der Waals surface area contributed by atoms with Gasteiger partial charge >= 0.3 is 17.9 Å². The molecule has 1 aromatic carbocycles. The van der Waals surface area contributed by atoms with Gasteiger partial charge in [-0.2, -0.15) is 0 Å². The number of ether oxygens (including phenoxy) is 1. The second-order valence-electron chi connectivity index (χ2n) is 4.04. The third kappa shape index (κ3) is 7.93. The van der Waals surface area contributed by atoms with Crippen LogP contribution < -0.4 is 0 Å². The molecule has 1 atom stereocenters. The molecule has 1 unspecified atom stereocenters. The molecule has 1 rings (SSSR count). The Kier molecular flexibility index (Phi) is 8.99. The van der Waals surface area contributed by atoms with Gasteiger partial charge in [-0.05, 0) is 19.1 Å². The Labute approximate surface area is 131 Å². The van der Waals surface area contributed by atoms with Crippen molar-refractivity contribution >= 4 is 24.0 Å². The number of carbonyl (C=O) groups is 3. The zero-order valence-electron chi connectivity index (χ0n) is 12.3. The lowest BCUT2D eigenvalue weighted by Gasteiger charge is -2.06. The van der Waals surface area contributed by atoms with Gasteiger partial charge in [0.15, 0.2) is 0 Å². The molecule has 0 fully saturated rings. The Morgan fingerprint density at radius 1 is 1.26 bits per heavy atom. The molecule has 0 heterocycles. The molecule has 0 amide bonds. The third-order valence-electron chi connectivity index (χ3n) is 2.28. The fourth-order valence-corrected chi connectivity index (χ4v) is 1.31. The summed E-state index contributed by atoms with van der Waals surface area (Å²) in [4.78, 5) is 44.3. The van der Waals surface area contributed by atoms with Gasteiger partial charge in [-0.3, -0.25) is 0 Å². The molecule has 0 aliphatic carbocycles. The molecule has 0 radical (unpaired) electrons. The summed E-state index contributed by atoms with van der Waals surface area (Å²) in [5, 5.41) is 17.1. The van der Waals surface area contributed by atoms with Crippen molar-refractivity contribution in [1.82, 2.24) is 0 Å². The van der Waals surface area contributed by atoms with Crippen LogP contribution in [0, 0.1) is 0 Å². The predicted molar refractivity (Wildman–Crippen MR) is 79.1 cm³/mol. The van der Waals surface area contributed by atoms with Crippen LogP contribution in [0.1, 0.15) is 27.6 Å². The lowest BCUT2D eigenvalue weighted by Crippen LogP contribution is -2.15. The zero-order chi connectivity index (χ0) is 17.8. The van der Waals surface area contributed by atoms with E-state index in [2.05, 4.69) is 16.3 Å². The number of nitrogens with zero attached hydrogens (tertiary/aromatic N) is 1. The van der Waals surface area contributed by atoms with E-state index in [1.54, 1.807) is 6.92 Å². The van der Waals surface area contributed by atoms with Crippen molar-refractivity contribution in [2.45, 2.75) is 13.0 Å². The third-order valence-corrected chi connectivity index (χ3v) is 2.28. The Morgan fingerprint density at radius 3 is 2.09 bits per heavy atom. The van der Waals surface area contributed by atoms with Gasteiger partial charge in [-0.1, -0.05) is 18.7 Å². The first-order valence-corrected chi connectivity index (χ1v) is 6.25. The van der Waals surface area contributed by atoms with Gasteiger partial charge in [-0.25, -0.2) is 24.2 Å². The summed E-state index contributed by atoms with van der Waals surface area (Å²) in [6.07, 6.45) is 2.00. The number of isocyanates is 1. The molecule has 122 valence electrons. The molecular formula is C15H15NO7. The highest BCUT2D eigenvalue weighted by atomic mass is 16.5. The fraction of sp³-hybridized carbons (Fsp3) is 0.200. The Morgan fingerprint density at radius 2 is 1.74 bits per heavy atom. The van der Waals surface area contributed by atoms with E-state index >= 15 is 0 Å². The number of carboxylic acids is 2. The average molecular weight is 321 g/mol. The lowest BCUT2D eigenvalue weighted by atomic mass is 10.1. The molecule has 0 saturated carbocycles. The number of aliphatic imine (C=N–C) groups is 1. The van der Waals surface area contributed by atoms with Crippen LogP contribution in [0.4, 0.5) is 0 Å². The SMILES string of the molecule is C=CC(=O)OC(C)CN=C=O.O=C(O)c1ccccc1C(=O)O. The Bertz CT molecular complexity index is 599. The van der Waals surface area contributed by atoms with Crippen LogP contribution in [0.25, 0.3) is 0 Å². The van der Waals surface area contributed by atoms with Gasteiger partial charge < -0.3 is 14.9 Å². The molecule has 23 heavy (non-hydrogen) atoms. The summed E-state index contributed by atoms with van der Waals surface area (Å²) < 4.78 is 4.67. The van der Waals surface area contributed by atoms with Crippen molar-refractivity contribution in [3.8, 4) is 0 Å². The molecule has 0 saturated heterocycles. The second kappa shape index (κ2) is 10.5. The summed E-state index contributed by atoms with van der Waals surface area (Å²) in [6, 6.07) is 5.48. The molecule has 0 aliphatic rings. The van der Waals surface area contributed by atoms with Crippen LogP contribution >= 0.6 is 0 Å². The highest BCUT2D eigenvalue weighted by Gasteiger charge is 2.13. The largest absolute Gasteiger partial charge is 0.478 e. The van der Waals surface area contributed by atoms with Crippen LogP contribution in [-0.4, -0.2) is 46.8 Å². The minimum absolute atomic E-state index is 0.142. The molecule has 1 aromatic rings. The smallest absolute Gasteiger partial charge is 0.336 e. The van der Waals surface area contributed by atoms with Crippen LogP contribution in [0.5, 0.6) is 0 Å². The van der Waals surface area contributed by atoms with Gasteiger partial charge in [0.25, 0.3) is 0 Å². The topological polar surface area (TPSA) is 130 Å². The van der Waals surface area contributed by atoms with Crippen molar-refractivity contribution in [3.05, 3.63) is 48.0 Å². The Hall–Kier alpha value is -3.25. The summed E-state index contributed by atoms with van der Waals surface area (Å²) in [5.41, 5.74) is -0.380. The molecule has 0 spiro atoms. The van der Waals surface area contributed by atoms with Crippen molar-refractivity contribution in [2.24, 2.45) is 4.99 Å². The van der Waals surface area contributed by atoms with Gasteiger partial charge in [0.1, 0.15) is 6.10 Å². The average Bonchev–Trinajstić information content (AvgIpc) is 2.53. The monoisotopic (exact) mass is 321 g/mol.